The highest BCUT2D eigenvalue weighted by atomic mass is 16.5. The molecule has 18 heavy (non-hydrogen) atoms. The Labute approximate surface area is 109 Å². The summed E-state index contributed by atoms with van der Waals surface area (Å²) < 4.78 is 5.27. The molecule has 1 aromatic carbocycles. The van der Waals surface area contributed by atoms with Crippen molar-refractivity contribution in [1.82, 2.24) is 10.9 Å². The molecule has 1 aromatic rings. The Morgan fingerprint density at radius 3 is 2.72 bits per heavy atom. The van der Waals surface area contributed by atoms with E-state index in [1.807, 2.05) is 25.1 Å². The molecule has 0 saturated carbocycles. The molecule has 1 amide bonds. The maximum atomic E-state index is 12.0. The number of hydrogen-bond acceptors (Lipinski definition) is 3. The Morgan fingerprint density at radius 1 is 1.33 bits per heavy atom. The lowest BCUT2D eigenvalue weighted by Gasteiger charge is -2.13. The van der Waals surface area contributed by atoms with Gasteiger partial charge in [0, 0.05) is 17.7 Å². The van der Waals surface area contributed by atoms with Gasteiger partial charge >= 0.3 is 0 Å². The highest BCUT2D eigenvalue weighted by Crippen LogP contribution is 2.22. The summed E-state index contributed by atoms with van der Waals surface area (Å²) in [7, 11) is 1.62. The lowest BCUT2D eigenvalue weighted by Crippen LogP contribution is -2.38. The molecule has 2 N–H and O–H groups in total. The summed E-state index contributed by atoms with van der Waals surface area (Å²) in [6.07, 6.45) is 2.91. The van der Waals surface area contributed by atoms with Crippen molar-refractivity contribution in [1.29, 1.82) is 0 Å². The molecule has 0 atom stereocenters. The van der Waals surface area contributed by atoms with E-state index < -0.39 is 0 Å². The average molecular weight is 250 g/mol. The first-order valence-electron chi connectivity index (χ1n) is 6.43. The van der Waals surface area contributed by atoms with Crippen LogP contribution in [-0.2, 0) is 6.42 Å². The minimum Gasteiger partial charge on any atom is -0.496 e. The predicted molar refractivity (Wildman–Crippen MR) is 72.7 cm³/mol. The Hall–Kier alpha value is -1.55. The zero-order chi connectivity index (χ0) is 13.4. The number of rotatable bonds is 7. The second-order valence-electron chi connectivity index (χ2n) is 4.07. The van der Waals surface area contributed by atoms with Crippen LogP contribution in [-0.4, -0.2) is 19.6 Å². The molecule has 0 aromatic heterocycles. The van der Waals surface area contributed by atoms with Gasteiger partial charge in [0.05, 0.1) is 7.11 Å². The molecule has 0 aliphatic heterocycles. The van der Waals surface area contributed by atoms with Crippen molar-refractivity contribution in [2.45, 2.75) is 33.1 Å². The van der Waals surface area contributed by atoms with Gasteiger partial charge in [-0.15, -0.1) is 0 Å². The number of amides is 1. The summed E-state index contributed by atoms with van der Waals surface area (Å²) in [6.45, 7) is 4.91. The first-order chi connectivity index (χ1) is 8.74. The third-order valence-electron chi connectivity index (χ3n) is 2.81. The number of ether oxygens (including phenoxy) is 1. The summed E-state index contributed by atoms with van der Waals surface area (Å²) >= 11 is 0. The van der Waals surface area contributed by atoms with Crippen LogP contribution in [0, 0.1) is 0 Å². The lowest BCUT2D eigenvalue weighted by molar-refractivity contribution is 0.0932. The van der Waals surface area contributed by atoms with E-state index >= 15 is 0 Å². The highest BCUT2D eigenvalue weighted by molar-refractivity contribution is 5.96. The van der Waals surface area contributed by atoms with Crippen molar-refractivity contribution in [3.05, 3.63) is 29.3 Å². The van der Waals surface area contributed by atoms with E-state index in [9.17, 15) is 4.79 Å². The first-order valence-corrected chi connectivity index (χ1v) is 6.43. The van der Waals surface area contributed by atoms with E-state index in [2.05, 4.69) is 17.8 Å². The fourth-order valence-electron chi connectivity index (χ4n) is 1.81. The van der Waals surface area contributed by atoms with Crippen LogP contribution in [0.5, 0.6) is 5.75 Å². The smallest absolute Gasteiger partial charge is 0.265 e. The van der Waals surface area contributed by atoms with E-state index in [1.165, 1.54) is 0 Å². The van der Waals surface area contributed by atoms with Gasteiger partial charge in [-0.05, 0) is 25.0 Å². The van der Waals surface area contributed by atoms with Crippen LogP contribution >= 0.6 is 0 Å². The SMILES string of the molecule is CCCCNNC(=O)c1cccc(OC)c1CC. The molecule has 0 fully saturated rings. The topological polar surface area (TPSA) is 50.4 Å². The van der Waals surface area contributed by atoms with Crippen molar-refractivity contribution in [3.8, 4) is 5.75 Å². The van der Waals surface area contributed by atoms with Crippen LogP contribution in [0.15, 0.2) is 18.2 Å². The fourth-order valence-corrected chi connectivity index (χ4v) is 1.81. The number of hydrogen-bond donors (Lipinski definition) is 2. The molecule has 0 aliphatic rings. The number of carbonyl (C=O) groups excluding carboxylic acids is 1. The van der Waals surface area contributed by atoms with Crippen LogP contribution in [0.2, 0.25) is 0 Å². The summed E-state index contributed by atoms with van der Waals surface area (Å²) in [5.74, 6) is 0.653. The van der Waals surface area contributed by atoms with Gasteiger partial charge in [0.2, 0.25) is 0 Å². The first kappa shape index (κ1) is 14.5. The van der Waals surface area contributed by atoms with Crippen LogP contribution in [0.1, 0.15) is 42.6 Å². The maximum absolute atomic E-state index is 12.0. The molecule has 0 bridgehead atoms. The van der Waals surface area contributed by atoms with Gasteiger partial charge in [-0.3, -0.25) is 10.2 Å². The number of nitrogens with one attached hydrogen (secondary N) is 2. The lowest BCUT2D eigenvalue weighted by atomic mass is 10.0. The largest absolute Gasteiger partial charge is 0.496 e. The van der Waals surface area contributed by atoms with E-state index in [0.717, 1.165) is 37.1 Å². The predicted octanol–water partition coefficient (Wildman–Crippen LogP) is 2.29. The van der Waals surface area contributed by atoms with E-state index in [-0.39, 0.29) is 5.91 Å². The molecular weight excluding hydrogens is 228 g/mol. The highest BCUT2D eigenvalue weighted by Gasteiger charge is 2.13. The Balaban J connectivity index is 2.72. The number of benzene rings is 1. The van der Waals surface area contributed by atoms with Gasteiger partial charge in [-0.2, -0.15) is 0 Å². The second kappa shape index (κ2) is 7.71. The van der Waals surface area contributed by atoms with Gasteiger partial charge in [-0.1, -0.05) is 26.3 Å². The zero-order valence-electron chi connectivity index (χ0n) is 11.4. The molecule has 4 heteroatoms. The van der Waals surface area contributed by atoms with Crippen LogP contribution in [0.25, 0.3) is 0 Å². The molecular formula is C14H22N2O2. The molecule has 0 heterocycles. The summed E-state index contributed by atoms with van der Waals surface area (Å²) in [6, 6.07) is 5.53. The van der Waals surface area contributed by atoms with E-state index in [4.69, 9.17) is 4.74 Å². The van der Waals surface area contributed by atoms with Gasteiger partial charge in [-0.25, -0.2) is 5.43 Å². The molecule has 4 nitrogen and oxygen atoms in total. The van der Waals surface area contributed by atoms with Crippen molar-refractivity contribution < 1.29 is 9.53 Å². The normalized spacial score (nSPS) is 10.2. The molecule has 0 spiro atoms. The second-order valence-corrected chi connectivity index (χ2v) is 4.07. The molecule has 0 aliphatic carbocycles. The molecule has 0 radical (unpaired) electrons. The number of methoxy groups -OCH3 is 1. The molecule has 0 unspecified atom stereocenters. The minimum atomic E-state index is -0.109. The van der Waals surface area contributed by atoms with Gasteiger partial charge in [0.25, 0.3) is 5.91 Å². The molecule has 1 rings (SSSR count). The minimum absolute atomic E-state index is 0.109. The summed E-state index contributed by atoms with van der Waals surface area (Å²) in [5, 5.41) is 0. The van der Waals surface area contributed by atoms with Crippen LogP contribution in [0.4, 0.5) is 0 Å². The fraction of sp³-hybridized carbons (Fsp3) is 0.500. The maximum Gasteiger partial charge on any atom is 0.265 e. The molecule has 100 valence electrons. The van der Waals surface area contributed by atoms with Crippen LogP contribution < -0.4 is 15.6 Å². The quantitative estimate of drug-likeness (QED) is 0.576. The van der Waals surface area contributed by atoms with Crippen molar-refractivity contribution >= 4 is 5.91 Å². The Morgan fingerprint density at radius 2 is 2.11 bits per heavy atom. The van der Waals surface area contributed by atoms with Crippen LogP contribution in [0.3, 0.4) is 0 Å². The number of hydrazine groups is 1. The third-order valence-corrected chi connectivity index (χ3v) is 2.81. The Kier molecular flexibility index (Phi) is 6.22. The van der Waals surface area contributed by atoms with Crippen molar-refractivity contribution in [2.75, 3.05) is 13.7 Å². The van der Waals surface area contributed by atoms with Gasteiger partial charge < -0.3 is 4.74 Å². The van der Waals surface area contributed by atoms with E-state index in [1.54, 1.807) is 7.11 Å². The summed E-state index contributed by atoms with van der Waals surface area (Å²) in [5.41, 5.74) is 7.26. The standard InChI is InChI=1S/C14H22N2O2/c1-4-6-10-15-16-14(17)12-8-7-9-13(18-3)11(12)5-2/h7-9,15H,4-6,10H2,1-3H3,(H,16,17). The third kappa shape index (κ3) is 3.74. The number of unbranched alkanes of at least 4 members (excludes halogenated alkanes) is 1. The van der Waals surface area contributed by atoms with Gasteiger partial charge in [0.15, 0.2) is 0 Å². The zero-order valence-corrected chi connectivity index (χ0v) is 11.4. The van der Waals surface area contributed by atoms with Crippen molar-refractivity contribution in [3.63, 3.8) is 0 Å². The summed E-state index contributed by atoms with van der Waals surface area (Å²) in [4.78, 5) is 12.0. The molecule has 0 saturated heterocycles. The van der Waals surface area contributed by atoms with E-state index in [0.29, 0.717) is 5.56 Å². The monoisotopic (exact) mass is 250 g/mol. The van der Waals surface area contributed by atoms with Crippen molar-refractivity contribution in [2.24, 2.45) is 0 Å². The van der Waals surface area contributed by atoms with Gasteiger partial charge in [0.1, 0.15) is 5.75 Å². The Bertz CT molecular complexity index is 391. The number of carbonyl (C=O) groups is 1. The average Bonchev–Trinajstić information content (AvgIpc) is 2.42.